The third-order valence-electron chi connectivity index (χ3n) is 3.20. The normalized spacial score (nSPS) is 14.0. The highest BCUT2D eigenvalue weighted by Crippen LogP contribution is 2.34. The van der Waals surface area contributed by atoms with Gasteiger partial charge in [-0.15, -0.1) is 11.3 Å². The summed E-state index contributed by atoms with van der Waals surface area (Å²) in [5.74, 6) is 0.764. The van der Waals surface area contributed by atoms with Gasteiger partial charge in [-0.2, -0.15) is 0 Å². The van der Waals surface area contributed by atoms with Crippen molar-refractivity contribution in [1.82, 2.24) is 4.98 Å². The predicted octanol–water partition coefficient (Wildman–Crippen LogP) is 4.53. The summed E-state index contributed by atoms with van der Waals surface area (Å²) in [5, 5.41) is 1.06. The number of hydrogen-bond donors (Lipinski definition) is 1. The number of pyridine rings is 1. The number of halogens is 1. The lowest BCUT2D eigenvalue weighted by atomic mass is 10.1. The van der Waals surface area contributed by atoms with E-state index in [0.29, 0.717) is 0 Å². The predicted molar refractivity (Wildman–Crippen MR) is 90.8 cm³/mol. The lowest BCUT2D eigenvalue weighted by molar-refractivity contribution is 0.186. The number of fused-ring (bicyclic) bond motifs is 1. The van der Waals surface area contributed by atoms with Crippen LogP contribution >= 0.6 is 27.3 Å². The van der Waals surface area contributed by atoms with Crippen LogP contribution in [0.15, 0.2) is 52.4 Å². The molecule has 0 radical (unpaired) electrons. The molecule has 3 nitrogen and oxygen atoms in total. The number of thiophene rings is 1. The number of aromatic nitrogens is 1. The fourth-order valence-electron chi connectivity index (χ4n) is 2.21. The van der Waals surface area contributed by atoms with E-state index < -0.39 is 0 Å². The summed E-state index contributed by atoms with van der Waals surface area (Å²) in [6, 6.07) is 13.8. The molecule has 0 fully saturated rings. The zero-order valence-electron chi connectivity index (χ0n) is 11.5. The van der Waals surface area contributed by atoms with Gasteiger partial charge in [0.1, 0.15) is 17.4 Å². The molecule has 0 amide bonds. The van der Waals surface area contributed by atoms with Crippen molar-refractivity contribution in [2.75, 3.05) is 0 Å². The van der Waals surface area contributed by atoms with Crippen molar-refractivity contribution in [1.29, 1.82) is 0 Å². The Labute approximate surface area is 135 Å². The molecule has 2 heterocycles. The van der Waals surface area contributed by atoms with Gasteiger partial charge in [0.2, 0.25) is 0 Å². The first-order chi connectivity index (χ1) is 10.1. The Kier molecular flexibility index (Phi) is 4.24. The topological polar surface area (TPSA) is 48.1 Å². The molecule has 1 aromatic carbocycles. The molecule has 0 aliphatic carbocycles. The number of nitrogens with zero attached hydrogens (tertiary/aromatic N) is 1. The Bertz CT molecular complexity index is 751. The lowest BCUT2D eigenvalue weighted by Gasteiger charge is -2.22. The second kappa shape index (κ2) is 6.13. The van der Waals surface area contributed by atoms with Gasteiger partial charge in [-0.3, -0.25) is 4.98 Å². The maximum Gasteiger partial charge on any atom is 0.148 e. The van der Waals surface area contributed by atoms with Crippen LogP contribution in [-0.4, -0.2) is 11.0 Å². The fourth-order valence-corrected chi connectivity index (χ4v) is 3.78. The van der Waals surface area contributed by atoms with Crippen LogP contribution in [0, 0.1) is 0 Å². The average molecular weight is 363 g/mol. The molecule has 0 aliphatic heterocycles. The molecular formula is C16H15BrN2OS. The van der Waals surface area contributed by atoms with E-state index in [-0.39, 0.29) is 12.1 Å². The molecule has 0 bridgehead atoms. The molecule has 2 N–H and O–H groups in total. The third kappa shape index (κ3) is 3.10. The highest BCUT2D eigenvalue weighted by atomic mass is 79.9. The standard InChI is InChI=1S/C16H15BrN2OS/c1-10(18)16(13-7-8-14(17)21-13)20-12-6-2-4-11-5-3-9-19-15(11)12/h2-10,16H,18H2,1H3. The Hall–Kier alpha value is -1.43. The van der Waals surface area contributed by atoms with Gasteiger partial charge in [-0.25, -0.2) is 0 Å². The lowest BCUT2D eigenvalue weighted by Crippen LogP contribution is -2.28. The van der Waals surface area contributed by atoms with Gasteiger partial charge < -0.3 is 10.5 Å². The smallest absolute Gasteiger partial charge is 0.148 e. The van der Waals surface area contributed by atoms with Gasteiger partial charge in [-0.1, -0.05) is 18.2 Å². The fraction of sp³-hybridized carbons (Fsp3) is 0.188. The van der Waals surface area contributed by atoms with E-state index in [1.54, 1.807) is 17.5 Å². The number of ether oxygens (including phenoxy) is 1. The molecule has 21 heavy (non-hydrogen) atoms. The Morgan fingerprint density at radius 2 is 2.00 bits per heavy atom. The van der Waals surface area contributed by atoms with Crippen molar-refractivity contribution in [2.24, 2.45) is 5.73 Å². The molecule has 2 unspecified atom stereocenters. The SMILES string of the molecule is CC(N)C(Oc1cccc2cccnc12)c1ccc(Br)s1. The summed E-state index contributed by atoms with van der Waals surface area (Å²) in [7, 11) is 0. The number of hydrogen-bond acceptors (Lipinski definition) is 4. The van der Waals surface area contributed by atoms with Gasteiger partial charge in [0.25, 0.3) is 0 Å². The van der Waals surface area contributed by atoms with Crippen LogP contribution in [0.5, 0.6) is 5.75 Å². The van der Waals surface area contributed by atoms with Gasteiger partial charge in [0, 0.05) is 22.5 Å². The molecule has 2 aromatic heterocycles. The summed E-state index contributed by atoms with van der Waals surface area (Å²) in [6.45, 7) is 1.96. The van der Waals surface area contributed by atoms with E-state index in [2.05, 4.69) is 20.9 Å². The van der Waals surface area contributed by atoms with Crippen molar-refractivity contribution >= 4 is 38.2 Å². The summed E-state index contributed by atoms with van der Waals surface area (Å²) in [5.41, 5.74) is 6.98. The van der Waals surface area contributed by atoms with Gasteiger partial charge in [-0.05, 0) is 47.1 Å². The summed E-state index contributed by atoms with van der Waals surface area (Å²) >= 11 is 5.12. The molecule has 0 aliphatic rings. The third-order valence-corrected chi connectivity index (χ3v) is 4.89. The van der Waals surface area contributed by atoms with Crippen LogP contribution in [0.4, 0.5) is 0 Å². The highest BCUT2D eigenvalue weighted by Gasteiger charge is 2.21. The van der Waals surface area contributed by atoms with E-state index in [1.807, 2.05) is 49.4 Å². The van der Waals surface area contributed by atoms with Crippen LogP contribution < -0.4 is 10.5 Å². The van der Waals surface area contributed by atoms with E-state index in [1.165, 1.54) is 0 Å². The summed E-state index contributed by atoms with van der Waals surface area (Å²) in [6.07, 6.45) is 1.59. The first-order valence-corrected chi connectivity index (χ1v) is 8.27. The van der Waals surface area contributed by atoms with E-state index in [4.69, 9.17) is 10.5 Å². The van der Waals surface area contributed by atoms with Crippen LogP contribution in [-0.2, 0) is 0 Å². The minimum absolute atomic E-state index is 0.116. The van der Waals surface area contributed by atoms with Crippen LogP contribution in [0.25, 0.3) is 10.9 Å². The molecule has 5 heteroatoms. The zero-order chi connectivity index (χ0) is 14.8. The second-order valence-corrected chi connectivity index (χ2v) is 7.37. The number of rotatable bonds is 4. The molecule has 0 saturated carbocycles. The van der Waals surface area contributed by atoms with Crippen LogP contribution in [0.1, 0.15) is 17.9 Å². The molecule has 2 atom stereocenters. The molecule has 3 rings (SSSR count). The Morgan fingerprint density at radius 1 is 1.19 bits per heavy atom. The Morgan fingerprint density at radius 3 is 2.71 bits per heavy atom. The van der Waals surface area contributed by atoms with Crippen molar-refractivity contribution in [3.63, 3.8) is 0 Å². The summed E-state index contributed by atoms with van der Waals surface area (Å²) < 4.78 is 7.26. The summed E-state index contributed by atoms with van der Waals surface area (Å²) in [4.78, 5) is 5.52. The molecule has 108 valence electrons. The first kappa shape index (κ1) is 14.5. The minimum Gasteiger partial charge on any atom is -0.481 e. The molecule has 0 saturated heterocycles. The van der Waals surface area contributed by atoms with E-state index >= 15 is 0 Å². The van der Waals surface area contributed by atoms with Crippen molar-refractivity contribution < 1.29 is 4.74 Å². The quantitative estimate of drug-likeness (QED) is 0.741. The van der Waals surface area contributed by atoms with Crippen molar-refractivity contribution in [2.45, 2.75) is 19.1 Å². The van der Waals surface area contributed by atoms with Gasteiger partial charge >= 0.3 is 0 Å². The average Bonchev–Trinajstić information content (AvgIpc) is 2.90. The minimum atomic E-state index is -0.186. The molecule has 3 aromatic rings. The molecular weight excluding hydrogens is 348 g/mol. The number of nitrogens with two attached hydrogens (primary N) is 1. The maximum absolute atomic E-state index is 6.19. The highest BCUT2D eigenvalue weighted by molar-refractivity contribution is 9.11. The number of benzene rings is 1. The van der Waals surface area contributed by atoms with Crippen LogP contribution in [0.2, 0.25) is 0 Å². The van der Waals surface area contributed by atoms with Crippen molar-refractivity contribution in [3.05, 3.63) is 57.3 Å². The zero-order valence-corrected chi connectivity index (χ0v) is 13.9. The van der Waals surface area contributed by atoms with Gasteiger partial charge in [0.05, 0.1) is 3.79 Å². The van der Waals surface area contributed by atoms with Crippen molar-refractivity contribution in [3.8, 4) is 5.75 Å². The van der Waals surface area contributed by atoms with E-state index in [0.717, 1.165) is 25.3 Å². The molecule has 0 spiro atoms. The van der Waals surface area contributed by atoms with E-state index in [9.17, 15) is 0 Å². The number of para-hydroxylation sites is 1. The first-order valence-electron chi connectivity index (χ1n) is 6.66. The maximum atomic E-state index is 6.19. The monoisotopic (exact) mass is 362 g/mol. The van der Waals surface area contributed by atoms with Crippen LogP contribution in [0.3, 0.4) is 0 Å². The second-order valence-electron chi connectivity index (χ2n) is 4.87. The largest absolute Gasteiger partial charge is 0.481 e. The Balaban J connectivity index is 1.99. The van der Waals surface area contributed by atoms with Gasteiger partial charge in [0.15, 0.2) is 0 Å².